The normalized spacial score (nSPS) is 28.8. The molecule has 1 aromatic rings. The molecule has 2 atom stereocenters. The number of rotatable bonds is 3. The fourth-order valence-electron chi connectivity index (χ4n) is 2.53. The minimum Gasteiger partial charge on any atom is -0.352 e. The molecule has 1 N–H and O–H groups in total. The van der Waals surface area contributed by atoms with Crippen LogP contribution in [0.15, 0.2) is 15.9 Å². The van der Waals surface area contributed by atoms with Crippen LogP contribution in [0.4, 0.5) is 0 Å². The van der Waals surface area contributed by atoms with Crippen molar-refractivity contribution in [2.45, 2.75) is 45.1 Å². The molecule has 4 heteroatoms. The van der Waals surface area contributed by atoms with E-state index < -0.39 is 0 Å². The first kappa shape index (κ1) is 13.1. The lowest BCUT2D eigenvalue weighted by molar-refractivity contribution is -0.119. The van der Waals surface area contributed by atoms with Crippen LogP contribution < -0.4 is 5.32 Å². The summed E-state index contributed by atoms with van der Waals surface area (Å²) in [6, 6.07) is 4.48. The van der Waals surface area contributed by atoms with Gasteiger partial charge in [-0.2, -0.15) is 0 Å². The summed E-state index contributed by atoms with van der Waals surface area (Å²) in [5.41, 5.74) is -0.0436. The van der Waals surface area contributed by atoms with Crippen molar-refractivity contribution in [3.05, 3.63) is 20.8 Å². The molecule has 0 saturated carbocycles. The number of nitrogens with one attached hydrogen (secondary N) is 1. The fraction of sp³-hybridized carbons (Fsp3) is 0.615. The molecule has 2 rings (SSSR count). The molecule has 2 heterocycles. The van der Waals surface area contributed by atoms with Crippen molar-refractivity contribution < 1.29 is 4.79 Å². The number of carbonyl (C=O) groups is 1. The van der Waals surface area contributed by atoms with Gasteiger partial charge in [0.25, 0.3) is 0 Å². The minimum atomic E-state index is -0.0436. The van der Waals surface area contributed by atoms with Crippen molar-refractivity contribution in [3.8, 4) is 0 Å². The zero-order valence-electron chi connectivity index (χ0n) is 10.4. The molecule has 1 aliphatic rings. The Kier molecular flexibility index (Phi) is 3.64. The summed E-state index contributed by atoms with van der Waals surface area (Å²) in [4.78, 5) is 13.0. The highest BCUT2D eigenvalue weighted by atomic mass is 79.9. The molecule has 0 spiro atoms. The van der Waals surface area contributed by atoms with Crippen LogP contribution in [0.1, 0.15) is 38.5 Å². The lowest BCUT2D eigenvalue weighted by Crippen LogP contribution is -2.38. The van der Waals surface area contributed by atoms with Crippen molar-refractivity contribution >= 4 is 33.2 Å². The number of amides is 1. The average molecular weight is 316 g/mol. The average Bonchev–Trinajstić information content (AvgIpc) is 2.72. The Hall–Kier alpha value is -0.350. The Balaban J connectivity index is 2.29. The largest absolute Gasteiger partial charge is 0.352 e. The second kappa shape index (κ2) is 4.73. The fourth-order valence-corrected chi connectivity index (χ4v) is 4.12. The van der Waals surface area contributed by atoms with Crippen LogP contribution in [-0.4, -0.2) is 11.9 Å². The summed E-state index contributed by atoms with van der Waals surface area (Å²) in [7, 11) is 0. The van der Waals surface area contributed by atoms with E-state index in [1.165, 1.54) is 4.88 Å². The first-order valence-electron chi connectivity index (χ1n) is 5.97. The van der Waals surface area contributed by atoms with E-state index in [1.54, 1.807) is 11.3 Å². The van der Waals surface area contributed by atoms with Gasteiger partial charge < -0.3 is 5.32 Å². The summed E-state index contributed by atoms with van der Waals surface area (Å²) >= 11 is 5.24. The van der Waals surface area contributed by atoms with Crippen LogP contribution in [0, 0.1) is 5.92 Å². The van der Waals surface area contributed by atoms with Crippen molar-refractivity contribution in [3.63, 3.8) is 0 Å². The molecule has 2 unspecified atom stereocenters. The van der Waals surface area contributed by atoms with Crippen LogP contribution in [0.5, 0.6) is 0 Å². The van der Waals surface area contributed by atoms with E-state index in [1.807, 2.05) is 0 Å². The quantitative estimate of drug-likeness (QED) is 0.905. The molecule has 1 amide bonds. The van der Waals surface area contributed by atoms with Gasteiger partial charge in [-0.25, -0.2) is 0 Å². The predicted molar refractivity (Wildman–Crippen MR) is 75.4 cm³/mol. The zero-order valence-corrected chi connectivity index (χ0v) is 12.8. The number of thiophene rings is 1. The van der Waals surface area contributed by atoms with E-state index in [9.17, 15) is 4.79 Å². The Morgan fingerprint density at radius 2 is 2.29 bits per heavy atom. The highest BCUT2D eigenvalue weighted by Crippen LogP contribution is 2.42. The van der Waals surface area contributed by atoms with Gasteiger partial charge in [0.2, 0.25) is 5.91 Å². The van der Waals surface area contributed by atoms with Crippen molar-refractivity contribution in [1.29, 1.82) is 0 Å². The molecule has 0 radical (unpaired) electrons. The zero-order chi connectivity index (χ0) is 12.6. The van der Waals surface area contributed by atoms with Gasteiger partial charge in [0, 0.05) is 22.8 Å². The molecule has 17 heavy (non-hydrogen) atoms. The topological polar surface area (TPSA) is 29.1 Å². The molecule has 0 aromatic carbocycles. The van der Waals surface area contributed by atoms with Gasteiger partial charge in [0.1, 0.15) is 0 Å². The van der Waals surface area contributed by atoms with Crippen LogP contribution >= 0.6 is 27.3 Å². The predicted octanol–water partition coefficient (Wildman–Crippen LogP) is 3.70. The molecule has 1 aromatic heterocycles. The summed E-state index contributed by atoms with van der Waals surface area (Å²) < 4.78 is 1.14. The second-order valence-electron chi connectivity index (χ2n) is 5.45. The summed E-state index contributed by atoms with van der Waals surface area (Å²) in [5, 5.41) is 3.14. The van der Waals surface area contributed by atoms with Crippen molar-refractivity contribution in [2.24, 2.45) is 5.92 Å². The second-order valence-corrected chi connectivity index (χ2v) is 7.91. The smallest absolute Gasteiger partial charge is 0.221 e. The molecule has 2 nitrogen and oxygen atoms in total. The van der Waals surface area contributed by atoms with Gasteiger partial charge in [-0.1, -0.05) is 20.8 Å². The lowest BCUT2D eigenvalue weighted by Gasteiger charge is -2.30. The summed E-state index contributed by atoms with van der Waals surface area (Å²) in [5.74, 6) is 0.781. The standard InChI is InChI=1S/C13H18BrNOS/c1-8(2)6-9-13(3,7-12(16)15-9)10-4-5-11(14)17-10/h4-5,8-9H,6-7H2,1-3H3,(H,15,16). The van der Waals surface area contributed by atoms with Gasteiger partial charge >= 0.3 is 0 Å². The van der Waals surface area contributed by atoms with E-state index in [-0.39, 0.29) is 17.4 Å². The van der Waals surface area contributed by atoms with E-state index in [0.29, 0.717) is 12.3 Å². The van der Waals surface area contributed by atoms with E-state index in [2.05, 4.69) is 54.2 Å². The maximum atomic E-state index is 11.7. The number of carbonyl (C=O) groups excluding carboxylic acids is 1. The third-order valence-corrected chi connectivity index (χ3v) is 5.38. The molecule has 0 bridgehead atoms. The highest BCUT2D eigenvalue weighted by molar-refractivity contribution is 9.11. The molecular formula is C13H18BrNOS. The molecule has 0 aliphatic carbocycles. The van der Waals surface area contributed by atoms with Gasteiger partial charge in [0.05, 0.1) is 3.79 Å². The van der Waals surface area contributed by atoms with E-state index in [0.717, 1.165) is 10.2 Å². The van der Waals surface area contributed by atoms with Gasteiger partial charge in [-0.15, -0.1) is 11.3 Å². The lowest BCUT2D eigenvalue weighted by atomic mass is 9.78. The van der Waals surface area contributed by atoms with Gasteiger partial charge in [0.15, 0.2) is 0 Å². The number of hydrogen-bond acceptors (Lipinski definition) is 2. The van der Waals surface area contributed by atoms with Crippen LogP contribution in [0.25, 0.3) is 0 Å². The van der Waals surface area contributed by atoms with Gasteiger partial charge in [-0.05, 0) is 40.4 Å². The number of halogens is 1. The Labute approximate surface area is 115 Å². The summed E-state index contributed by atoms with van der Waals surface area (Å²) in [6.45, 7) is 6.61. The Bertz CT molecular complexity index is 429. The molecule has 94 valence electrons. The highest BCUT2D eigenvalue weighted by Gasteiger charge is 2.45. The Morgan fingerprint density at radius 1 is 1.59 bits per heavy atom. The van der Waals surface area contributed by atoms with Gasteiger partial charge in [-0.3, -0.25) is 4.79 Å². The molecular weight excluding hydrogens is 298 g/mol. The van der Waals surface area contributed by atoms with Crippen molar-refractivity contribution in [1.82, 2.24) is 5.32 Å². The van der Waals surface area contributed by atoms with Crippen LogP contribution in [0.3, 0.4) is 0 Å². The van der Waals surface area contributed by atoms with E-state index in [4.69, 9.17) is 0 Å². The van der Waals surface area contributed by atoms with Crippen LogP contribution in [-0.2, 0) is 10.2 Å². The first-order chi connectivity index (χ1) is 7.91. The minimum absolute atomic E-state index is 0.0436. The summed E-state index contributed by atoms with van der Waals surface area (Å²) in [6.07, 6.45) is 1.65. The third kappa shape index (κ3) is 2.58. The maximum Gasteiger partial charge on any atom is 0.221 e. The molecule has 1 fully saturated rings. The number of hydrogen-bond donors (Lipinski definition) is 1. The first-order valence-corrected chi connectivity index (χ1v) is 7.58. The Morgan fingerprint density at radius 3 is 2.82 bits per heavy atom. The molecule has 1 aliphatic heterocycles. The van der Waals surface area contributed by atoms with Crippen LogP contribution in [0.2, 0.25) is 0 Å². The monoisotopic (exact) mass is 315 g/mol. The molecule has 1 saturated heterocycles. The van der Waals surface area contributed by atoms with Crippen molar-refractivity contribution in [2.75, 3.05) is 0 Å². The maximum absolute atomic E-state index is 11.7. The third-order valence-electron chi connectivity index (χ3n) is 3.48. The van der Waals surface area contributed by atoms with E-state index >= 15 is 0 Å². The SMILES string of the molecule is CC(C)CC1NC(=O)CC1(C)c1ccc(Br)s1.